The predicted molar refractivity (Wildman–Crippen MR) is 70.6 cm³/mol. The van der Waals surface area contributed by atoms with Gasteiger partial charge in [-0.2, -0.15) is 0 Å². The van der Waals surface area contributed by atoms with Gasteiger partial charge in [-0.1, -0.05) is 30.3 Å². The smallest absolute Gasteiger partial charge is 0.216 e. The lowest BCUT2D eigenvalue weighted by molar-refractivity contribution is 0.562. The molecule has 5 nitrogen and oxygen atoms in total. The van der Waals surface area contributed by atoms with Gasteiger partial charge >= 0.3 is 0 Å². The second-order valence-electron chi connectivity index (χ2n) is 4.63. The third-order valence-electron chi connectivity index (χ3n) is 2.93. The van der Waals surface area contributed by atoms with Crippen LogP contribution < -0.4 is 10.5 Å². The Bertz CT molecular complexity index is 524. The number of benzene rings is 1. The number of sulfonamides is 1. The molecule has 1 saturated carbocycles. The molecule has 1 aliphatic rings. The van der Waals surface area contributed by atoms with E-state index in [0.29, 0.717) is 0 Å². The first kappa shape index (κ1) is 13.0. The van der Waals surface area contributed by atoms with E-state index >= 15 is 0 Å². The fraction of sp³-hybridized carbons (Fsp3) is 0.417. The normalized spacial score (nSPS) is 17.3. The number of nitrogens with one attached hydrogen (secondary N) is 2. The Kier molecular flexibility index (Phi) is 3.68. The molecule has 0 aliphatic heterocycles. The molecule has 0 heterocycles. The Morgan fingerprint density at radius 2 is 2.00 bits per heavy atom. The third-order valence-corrected chi connectivity index (χ3v) is 4.26. The molecule has 2 rings (SSSR count). The maximum Gasteiger partial charge on any atom is 0.216 e. The molecule has 0 aromatic heterocycles. The topological polar surface area (TPSA) is 96.0 Å². The van der Waals surface area contributed by atoms with E-state index in [1.807, 2.05) is 6.07 Å². The van der Waals surface area contributed by atoms with Crippen LogP contribution in [0.1, 0.15) is 18.4 Å². The van der Waals surface area contributed by atoms with Gasteiger partial charge in [0.2, 0.25) is 10.0 Å². The summed E-state index contributed by atoms with van der Waals surface area (Å²) in [5, 5.41) is 7.43. The van der Waals surface area contributed by atoms with Gasteiger partial charge in [-0.05, 0) is 24.3 Å². The van der Waals surface area contributed by atoms with Crippen molar-refractivity contribution in [1.29, 1.82) is 5.41 Å². The molecule has 0 bridgehead atoms. The molecule has 1 aliphatic carbocycles. The Hall–Kier alpha value is -1.40. The first-order valence-corrected chi connectivity index (χ1v) is 7.51. The van der Waals surface area contributed by atoms with E-state index in [-0.39, 0.29) is 17.5 Å². The zero-order valence-electron chi connectivity index (χ0n) is 9.96. The van der Waals surface area contributed by atoms with Gasteiger partial charge in [0.15, 0.2) is 0 Å². The van der Waals surface area contributed by atoms with Crippen LogP contribution >= 0.6 is 0 Å². The summed E-state index contributed by atoms with van der Waals surface area (Å²) in [6.45, 7) is 0. The van der Waals surface area contributed by atoms with Gasteiger partial charge in [-0.15, -0.1) is 0 Å². The van der Waals surface area contributed by atoms with Crippen LogP contribution in [0.15, 0.2) is 30.3 Å². The highest BCUT2D eigenvalue weighted by atomic mass is 32.2. The highest BCUT2D eigenvalue weighted by Gasteiger charge is 2.35. The second-order valence-corrected chi connectivity index (χ2v) is 6.39. The number of hydrogen-bond acceptors (Lipinski definition) is 3. The third kappa shape index (κ3) is 3.54. The van der Waals surface area contributed by atoms with Crippen LogP contribution in [-0.2, 0) is 15.8 Å². The minimum absolute atomic E-state index is 0.0790. The Morgan fingerprint density at radius 1 is 1.39 bits per heavy atom. The van der Waals surface area contributed by atoms with Crippen LogP contribution in [0.5, 0.6) is 0 Å². The van der Waals surface area contributed by atoms with Crippen molar-refractivity contribution in [3.63, 3.8) is 0 Å². The Balaban J connectivity index is 2.04. The van der Waals surface area contributed by atoms with Crippen LogP contribution in [0.3, 0.4) is 0 Å². The van der Waals surface area contributed by atoms with Gasteiger partial charge in [-0.3, -0.25) is 5.41 Å². The van der Waals surface area contributed by atoms with Gasteiger partial charge < -0.3 is 5.73 Å². The fourth-order valence-corrected chi connectivity index (χ4v) is 3.29. The lowest BCUT2D eigenvalue weighted by Crippen LogP contribution is -2.45. The van der Waals surface area contributed by atoms with Crippen molar-refractivity contribution in [2.24, 2.45) is 11.7 Å². The molecule has 1 unspecified atom stereocenters. The summed E-state index contributed by atoms with van der Waals surface area (Å²) >= 11 is 0. The number of rotatable bonds is 6. The van der Waals surface area contributed by atoms with E-state index in [0.717, 1.165) is 18.4 Å². The molecule has 1 fully saturated rings. The molecule has 18 heavy (non-hydrogen) atoms. The van der Waals surface area contributed by atoms with E-state index in [1.165, 1.54) is 0 Å². The maximum atomic E-state index is 12.0. The zero-order chi connectivity index (χ0) is 13.2. The van der Waals surface area contributed by atoms with Crippen LogP contribution in [-0.4, -0.2) is 20.3 Å². The largest absolute Gasteiger partial charge is 0.386 e. The molecule has 1 aromatic carbocycles. The van der Waals surface area contributed by atoms with E-state index in [9.17, 15) is 8.42 Å². The molecular formula is C12H17N3O2S. The quantitative estimate of drug-likeness (QED) is 0.526. The van der Waals surface area contributed by atoms with Crippen molar-refractivity contribution in [2.45, 2.75) is 24.6 Å². The Morgan fingerprint density at radius 3 is 2.50 bits per heavy atom. The summed E-state index contributed by atoms with van der Waals surface area (Å²) in [5.74, 6) is 0.00633. The summed E-state index contributed by atoms with van der Waals surface area (Å²) in [7, 11) is -3.45. The average Bonchev–Trinajstić information content (AvgIpc) is 3.10. The van der Waals surface area contributed by atoms with E-state index in [2.05, 4.69) is 4.72 Å². The van der Waals surface area contributed by atoms with Gasteiger partial charge in [0, 0.05) is 0 Å². The first-order valence-electron chi connectivity index (χ1n) is 5.86. The molecule has 98 valence electrons. The Labute approximate surface area is 107 Å². The van der Waals surface area contributed by atoms with Gasteiger partial charge in [-0.25, -0.2) is 13.1 Å². The summed E-state index contributed by atoms with van der Waals surface area (Å²) in [5.41, 5.74) is 6.16. The van der Waals surface area contributed by atoms with E-state index in [4.69, 9.17) is 11.1 Å². The van der Waals surface area contributed by atoms with Crippen LogP contribution in [0, 0.1) is 11.3 Å². The van der Waals surface area contributed by atoms with Crippen LogP contribution in [0.25, 0.3) is 0 Å². The highest BCUT2D eigenvalue weighted by Crippen LogP contribution is 2.33. The molecule has 1 atom stereocenters. The zero-order valence-corrected chi connectivity index (χ0v) is 10.8. The van der Waals surface area contributed by atoms with E-state index in [1.54, 1.807) is 24.3 Å². The van der Waals surface area contributed by atoms with Crippen molar-refractivity contribution in [3.05, 3.63) is 35.9 Å². The lowest BCUT2D eigenvalue weighted by Gasteiger charge is -2.16. The van der Waals surface area contributed by atoms with Crippen molar-refractivity contribution < 1.29 is 8.42 Å². The predicted octanol–water partition coefficient (Wildman–Crippen LogP) is 0.821. The molecule has 0 saturated heterocycles. The molecular weight excluding hydrogens is 250 g/mol. The first-order chi connectivity index (χ1) is 8.48. The lowest BCUT2D eigenvalue weighted by atomic mass is 10.2. The van der Waals surface area contributed by atoms with Crippen LogP contribution in [0.4, 0.5) is 0 Å². The number of hydrogen-bond donors (Lipinski definition) is 3. The summed E-state index contributed by atoms with van der Waals surface area (Å²) in [6.07, 6.45) is 1.86. The van der Waals surface area contributed by atoms with Crippen LogP contribution in [0.2, 0.25) is 0 Å². The molecule has 4 N–H and O–H groups in total. The van der Waals surface area contributed by atoms with Gasteiger partial charge in [0.05, 0.1) is 11.8 Å². The molecule has 0 radical (unpaired) electrons. The number of amidine groups is 1. The highest BCUT2D eigenvalue weighted by molar-refractivity contribution is 7.88. The van der Waals surface area contributed by atoms with Gasteiger partial charge in [0.1, 0.15) is 5.84 Å². The van der Waals surface area contributed by atoms with Gasteiger partial charge in [0.25, 0.3) is 0 Å². The van der Waals surface area contributed by atoms with Crippen molar-refractivity contribution in [3.8, 4) is 0 Å². The minimum Gasteiger partial charge on any atom is -0.386 e. The SMILES string of the molecule is N=C(N)C(NS(=O)(=O)Cc1ccccc1)C1CC1. The molecule has 0 amide bonds. The summed E-state index contributed by atoms with van der Waals surface area (Å²) in [4.78, 5) is 0. The monoisotopic (exact) mass is 267 g/mol. The minimum atomic E-state index is -3.45. The number of nitrogens with two attached hydrogens (primary N) is 1. The average molecular weight is 267 g/mol. The van der Waals surface area contributed by atoms with Crippen molar-refractivity contribution in [1.82, 2.24) is 4.72 Å². The molecule has 0 spiro atoms. The summed E-state index contributed by atoms with van der Waals surface area (Å²) < 4.78 is 26.5. The molecule has 1 aromatic rings. The second kappa shape index (κ2) is 5.07. The summed E-state index contributed by atoms with van der Waals surface area (Å²) in [6, 6.07) is 8.42. The maximum absolute atomic E-state index is 12.0. The standard InChI is InChI=1S/C12H17N3O2S/c13-12(14)11(10-6-7-10)15-18(16,17)8-9-4-2-1-3-5-9/h1-5,10-11,15H,6-8H2,(H3,13,14). The molecule has 6 heteroatoms. The fourth-order valence-electron chi connectivity index (χ4n) is 1.87. The van der Waals surface area contributed by atoms with Crippen molar-refractivity contribution in [2.75, 3.05) is 0 Å². The van der Waals surface area contributed by atoms with Crippen molar-refractivity contribution >= 4 is 15.9 Å². The van der Waals surface area contributed by atoms with E-state index < -0.39 is 16.1 Å².